The maximum atomic E-state index is 12.7. The number of rotatable bonds is 4. The molecule has 5 nitrogen and oxygen atoms in total. The summed E-state index contributed by atoms with van der Waals surface area (Å²) >= 11 is 0. The van der Waals surface area contributed by atoms with Crippen molar-refractivity contribution in [2.24, 2.45) is 7.05 Å². The van der Waals surface area contributed by atoms with E-state index >= 15 is 0 Å². The summed E-state index contributed by atoms with van der Waals surface area (Å²) in [4.78, 5) is 24.4. The van der Waals surface area contributed by atoms with Gasteiger partial charge in [0.25, 0.3) is 5.91 Å². The molecule has 0 saturated carbocycles. The van der Waals surface area contributed by atoms with Crippen LogP contribution in [0.15, 0.2) is 48.5 Å². The van der Waals surface area contributed by atoms with Gasteiger partial charge in [-0.3, -0.25) is 14.3 Å². The number of para-hydroxylation sites is 1. The Kier molecular flexibility index (Phi) is 4.50. The molecule has 1 heterocycles. The van der Waals surface area contributed by atoms with E-state index < -0.39 is 23.4 Å². The van der Waals surface area contributed by atoms with Crippen LogP contribution < -0.4 is 5.32 Å². The van der Waals surface area contributed by atoms with Crippen molar-refractivity contribution < 1.29 is 22.8 Å². The van der Waals surface area contributed by atoms with E-state index in [1.165, 1.54) is 6.07 Å². The molecule has 3 aromatic rings. The second kappa shape index (κ2) is 6.62. The van der Waals surface area contributed by atoms with Crippen molar-refractivity contribution in [2.75, 3.05) is 6.54 Å². The topological polar surface area (TPSA) is 64.0 Å². The molecule has 1 N–H and O–H groups in total. The minimum absolute atomic E-state index is 0.168. The van der Waals surface area contributed by atoms with Crippen LogP contribution in [0.25, 0.3) is 10.9 Å². The third-order valence-electron chi connectivity index (χ3n) is 3.88. The minimum Gasteiger partial charge on any atom is -0.345 e. The molecule has 0 radical (unpaired) electrons. The van der Waals surface area contributed by atoms with E-state index in [4.69, 9.17) is 0 Å². The van der Waals surface area contributed by atoms with Crippen molar-refractivity contribution in [2.45, 2.75) is 6.18 Å². The highest BCUT2D eigenvalue weighted by Crippen LogP contribution is 2.29. The number of Topliss-reactive ketones (excluding diaryl/α,β-unsaturated/α-hetero) is 1. The smallest absolute Gasteiger partial charge is 0.345 e. The van der Waals surface area contributed by atoms with Crippen molar-refractivity contribution in [3.63, 3.8) is 0 Å². The molecule has 0 saturated heterocycles. The quantitative estimate of drug-likeness (QED) is 0.726. The van der Waals surface area contributed by atoms with Crippen molar-refractivity contribution in [3.8, 4) is 0 Å². The van der Waals surface area contributed by atoms with Gasteiger partial charge >= 0.3 is 6.18 Å². The van der Waals surface area contributed by atoms with Gasteiger partial charge in [-0.05, 0) is 24.3 Å². The summed E-state index contributed by atoms with van der Waals surface area (Å²) in [5, 5.41) is 7.15. The van der Waals surface area contributed by atoms with Crippen molar-refractivity contribution in [1.82, 2.24) is 15.1 Å². The largest absolute Gasteiger partial charge is 0.416 e. The van der Waals surface area contributed by atoms with Crippen LogP contribution in [-0.2, 0) is 13.2 Å². The number of amides is 1. The normalized spacial score (nSPS) is 11.5. The highest BCUT2D eigenvalue weighted by Gasteiger charge is 2.31. The highest BCUT2D eigenvalue weighted by atomic mass is 19.4. The standard InChI is InChI=1S/C18H14F3N3O2/c1-24-14-8-3-2-7-13(14)16(23-24)15(25)10-22-17(26)11-5-4-6-12(9-11)18(19,20)21/h2-9H,10H2,1H3,(H,22,26). The summed E-state index contributed by atoms with van der Waals surface area (Å²) < 4.78 is 39.7. The lowest BCUT2D eigenvalue weighted by atomic mass is 10.1. The van der Waals surface area contributed by atoms with Crippen molar-refractivity contribution in [3.05, 3.63) is 65.4 Å². The van der Waals surface area contributed by atoms with Gasteiger partial charge in [-0.1, -0.05) is 24.3 Å². The van der Waals surface area contributed by atoms with Crippen LogP contribution in [0, 0.1) is 0 Å². The van der Waals surface area contributed by atoms with Gasteiger partial charge in [0, 0.05) is 18.0 Å². The fraction of sp³-hybridized carbons (Fsp3) is 0.167. The summed E-state index contributed by atoms with van der Waals surface area (Å²) in [6, 6.07) is 11.1. The fourth-order valence-electron chi connectivity index (χ4n) is 2.60. The van der Waals surface area contributed by atoms with Crippen molar-refractivity contribution >= 4 is 22.6 Å². The number of benzene rings is 2. The fourth-order valence-corrected chi connectivity index (χ4v) is 2.60. The van der Waals surface area contributed by atoms with Gasteiger partial charge in [-0.25, -0.2) is 0 Å². The predicted octanol–water partition coefficient (Wildman–Crippen LogP) is 3.20. The van der Waals surface area contributed by atoms with Gasteiger partial charge in [0.15, 0.2) is 0 Å². The SMILES string of the molecule is Cn1nc(C(=O)CNC(=O)c2cccc(C(F)(F)F)c2)c2ccccc21. The molecule has 26 heavy (non-hydrogen) atoms. The lowest BCUT2D eigenvalue weighted by Gasteiger charge is -2.08. The van der Waals surface area contributed by atoms with Crippen molar-refractivity contribution in [1.29, 1.82) is 0 Å². The van der Waals surface area contributed by atoms with Gasteiger partial charge in [0.1, 0.15) is 5.69 Å². The van der Waals surface area contributed by atoms with Crippen LogP contribution in [0.5, 0.6) is 0 Å². The number of halogens is 3. The summed E-state index contributed by atoms with van der Waals surface area (Å²) in [6.07, 6.45) is -4.54. The molecular weight excluding hydrogens is 347 g/mol. The summed E-state index contributed by atoms with van der Waals surface area (Å²) in [7, 11) is 1.69. The Balaban J connectivity index is 1.74. The third-order valence-corrected chi connectivity index (χ3v) is 3.88. The molecule has 8 heteroatoms. The lowest BCUT2D eigenvalue weighted by molar-refractivity contribution is -0.137. The first kappa shape index (κ1) is 17.7. The molecule has 0 unspecified atom stereocenters. The minimum atomic E-state index is -4.54. The lowest BCUT2D eigenvalue weighted by Crippen LogP contribution is -2.30. The summed E-state index contributed by atoms with van der Waals surface area (Å²) in [5.41, 5.74) is -0.127. The number of alkyl halides is 3. The zero-order valence-electron chi connectivity index (χ0n) is 13.7. The molecule has 0 fully saturated rings. The molecule has 0 atom stereocenters. The van der Waals surface area contributed by atoms with Gasteiger partial charge < -0.3 is 5.32 Å². The molecule has 2 aromatic carbocycles. The Morgan fingerprint density at radius 3 is 2.58 bits per heavy atom. The molecule has 0 aliphatic rings. The van der Waals surface area contributed by atoms with E-state index in [0.29, 0.717) is 5.39 Å². The Morgan fingerprint density at radius 2 is 1.85 bits per heavy atom. The molecular formula is C18H14F3N3O2. The second-order valence-electron chi connectivity index (χ2n) is 5.67. The van der Waals surface area contributed by atoms with Crippen LogP contribution in [0.4, 0.5) is 13.2 Å². The number of hydrogen-bond donors (Lipinski definition) is 1. The number of carbonyl (C=O) groups excluding carboxylic acids is 2. The number of fused-ring (bicyclic) bond motifs is 1. The van der Waals surface area contributed by atoms with Crippen LogP contribution in [-0.4, -0.2) is 28.0 Å². The second-order valence-corrected chi connectivity index (χ2v) is 5.67. The summed E-state index contributed by atoms with van der Waals surface area (Å²) in [5.74, 6) is -1.19. The first-order chi connectivity index (χ1) is 12.3. The van der Waals surface area contributed by atoms with E-state index in [0.717, 1.165) is 23.7 Å². The highest BCUT2D eigenvalue weighted by molar-refractivity contribution is 6.08. The maximum Gasteiger partial charge on any atom is 0.416 e. The van der Waals surface area contributed by atoms with Gasteiger partial charge in [-0.15, -0.1) is 0 Å². The van der Waals surface area contributed by atoms with Crippen LogP contribution in [0.2, 0.25) is 0 Å². The molecule has 1 aromatic heterocycles. The number of aryl methyl sites for hydroxylation is 1. The average molecular weight is 361 g/mol. The van der Waals surface area contributed by atoms with E-state index in [9.17, 15) is 22.8 Å². The van der Waals surface area contributed by atoms with E-state index in [1.54, 1.807) is 29.9 Å². The first-order valence-electron chi connectivity index (χ1n) is 7.68. The number of carbonyl (C=O) groups is 2. The zero-order chi connectivity index (χ0) is 18.9. The van der Waals surface area contributed by atoms with Crippen LogP contribution in [0.1, 0.15) is 26.4 Å². The molecule has 1 amide bonds. The number of ketones is 1. The monoisotopic (exact) mass is 361 g/mol. The molecule has 0 aliphatic carbocycles. The number of nitrogens with one attached hydrogen (secondary N) is 1. The molecule has 3 rings (SSSR count). The van der Waals surface area contributed by atoms with Gasteiger partial charge in [0.2, 0.25) is 5.78 Å². The summed E-state index contributed by atoms with van der Waals surface area (Å²) in [6.45, 7) is -0.365. The number of aromatic nitrogens is 2. The predicted molar refractivity (Wildman–Crippen MR) is 88.8 cm³/mol. The molecule has 0 bridgehead atoms. The number of nitrogens with zero attached hydrogens (tertiary/aromatic N) is 2. The number of hydrogen-bond acceptors (Lipinski definition) is 3. The first-order valence-corrected chi connectivity index (χ1v) is 7.68. The molecule has 0 spiro atoms. The van der Waals surface area contributed by atoms with Gasteiger partial charge in [0.05, 0.1) is 17.6 Å². The van der Waals surface area contributed by atoms with E-state index in [-0.39, 0.29) is 17.8 Å². The Morgan fingerprint density at radius 1 is 1.12 bits per heavy atom. The Labute approximate surface area is 146 Å². The van der Waals surface area contributed by atoms with Crippen LogP contribution >= 0.6 is 0 Å². The third kappa shape index (κ3) is 3.44. The zero-order valence-corrected chi connectivity index (χ0v) is 13.7. The van der Waals surface area contributed by atoms with Crippen LogP contribution in [0.3, 0.4) is 0 Å². The van der Waals surface area contributed by atoms with Gasteiger partial charge in [-0.2, -0.15) is 18.3 Å². The van der Waals surface area contributed by atoms with E-state index in [1.807, 2.05) is 6.07 Å². The molecule has 134 valence electrons. The average Bonchev–Trinajstić information content (AvgIpc) is 2.96. The molecule has 0 aliphatic heterocycles. The Bertz CT molecular complexity index is 993. The van der Waals surface area contributed by atoms with E-state index in [2.05, 4.69) is 10.4 Å². The Hall–Kier alpha value is -3.16. The maximum absolute atomic E-state index is 12.7.